The number of carbonyl (C=O) groups excluding carboxylic acids is 3. The van der Waals surface area contributed by atoms with Crippen molar-refractivity contribution in [2.24, 2.45) is 5.73 Å². The highest BCUT2D eigenvalue weighted by Gasteiger charge is 2.57. The molecule has 2 aliphatic rings. The third kappa shape index (κ3) is 4.89. The number of piperidine rings is 1. The first-order chi connectivity index (χ1) is 14.6. The fourth-order valence-electron chi connectivity index (χ4n) is 4.26. The molecule has 3 rings (SSSR count). The molecule has 0 atom stereocenters. The lowest BCUT2D eigenvalue weighted by Crippen LogP contribution is -2.56. The summed E-state index contributed by atoms with van der Waals surface area (Å²) < 4.78 is 0. The zero-order valence-electron chi connectivity index (χ0n) is 18.4. The number of hydrogen-bond donors (Lipinski definition) is 2. The maximum Gasteiger partial charge on any atom is 0.328 e. The number of benzene rings is 1. The Labute approximate surface area is 183 Å². The van der Waals surface area contributed by atoms with Gasteiger partial charge in [-0.25, -0.2) is 4.79 Å². The Hall–Kier alpha value is -2.89. The molecule has 4 amide bonds. The molecule has 8 nitrogen and oxygen atoms in total. The molecule has 2 aliphatic heterocycles. The quantitative estimate of drug-likeness (QED) is 0.538. The zero-order valence-corrected chi connectivity index (χ0v) is 18.4. The van der Waals surface area contributed by atoms with Crippen LogP contribution in [0.1, 0.15) is 44.7 Å². The molecule has 1 spiro atoms. The van der Waals surface area contributed by atoms with Crippen molar-refractivity contribution in [1.82, 2.24) is 14.7 Å². The van der Waals surface area contributed by atoms with Gasteiger partial charge >= 0.3 is 6.03 Å². The Kier molecular flexibility index (Phi) is 6.39. The van der Waals surface area contributed by atoms with Crippen LogP contribution < -0.4 is 5.73 Å². The third-order valence-corrected chi connectivity index (χ3v) is 5.81. The molecule has 0 unspecified atom stereocenters. The molecule has 0 radical (unpaired) electrons. The van der Waals surface area contributed by atoms with Gasteiger partial charge in [0.2, 0.25) is 5.91 Å². The Morgan fingerprint density at radius 2 is 1.81 bits per heavy atom. The van der Waals surface area contributed by atoms with E-state index in [0.29, 0.717) is 32.5 Å². The van der Waals surface area contributed by atoms with Crippen LogP contribution in [0.25, 0.3) is 0 Å². The molecular formula is C23H30N4O4. The Morgan fingerprint density at radius 1 is 1.19 bits per heavy atom. The smallest absolute Gasteiger partial charge is 0.328 e. The second kappa shape index (κ2) is 8.69. The van der Waals surface area contributed by atoms with Crippen molar-refractivity contribution in [3.05, 3.63) is 35.4 Å². The van der Waals surface area contributed by atoms with Crippen molar-refractivity contribution < 1.29 is 19.5 Å². The van der Waals surface area contributed by atoms with E-state index < -0.39 is 23.1 Å². The lowest BCUT2D eigenvalue weighted by molar-refractivity contribution is -0.137. The maximum atomic E-state index is 13.0. The lowest BCUT2D eigenvalue weighted by atomic mass is 9.85. The number of urea groups is 1. The predicted octanol–water partition coefficient (Wildman–Crippen LogP) is 0.913. The van der Waals surface area contributed by atoms with Gasteiger partial charge in [-0.1, -0.05) is 24.0 Å². The van der Waals surface area contributed by atoms with E-state index in [4.69, 9.17) is 5.73 Å². The summed E-state index contributed by atoms with van der Waals surface area (Å²) in [5.41, 5.74) is 5.29. The number of amides is 4. The molecule has 0 saturated carbocycles. The SMILES string of the molecule is CCN1C(=O)N(CC(N)=O)C(=O)C12CCN(Cc1ccc(C#CC(C)(C)O)cc1)CC2. The molecule has 3 N–H and O–H groups in total. The van der Waals surface area contributed by atoms with Crippen molar-refractivity contribution in [2.75, 3.05) is 26.2 Å². The molecule has 0 aliphatic carbocycles. The van der Waals surface area contributed by atoms with Gasteiger partial charge in [0, 0.05) is 31.7 Å². The Bertz CT molecular complexity index is 916. The highest BCUT2D eigenvalue weighted by atomic mass is 16.3. The van der Waals surface area contributed by atoms with Crippen molar-refractivity contribution >= 4 is 17.8 Å². The summed E-state index contributed by atoms with van der Waals surface area (Å²) in [6.45, 7) is 7.24. The molecular weight excluding hydrogens is 396 g/mol. The number of hydrogen-bond acceptors (Lipinski definition) is 5. The van der Waals surface area contributed by atoms with Crippen LogP contribution in [0.15, 0.2) is 24.3 Å². The van der Waals surface area contributed by atoms with Crippen molar-refractivity contribution in [3.63, 3.8) is 0 Å². The van der Waals surface area contributed by atoms with Gasteiger partial charge in [0.25, 0.3) is 5.91 Å². The van der Waals surface area contributed by atoms with Crippen LogP contribution in [0.3, 0.4) is 0 Å². The Morgan fingerprint density at radius 3 is 2.32 bits per heavy atom. The molecule has 2 fully saturated rings. The molecule has 1 aromatic carbocycles. The first kappa shape index (κ1) is 22.8. The number of likely N-dealkylation sites (N-methyl/N-ethyl adjacent to an activating group) is 1. The van der Waals surface area contributed by atoms with Crippen LogP contribution in [0.2, 0.25) is 0 Å². The van der Waals surface area contributed by atoms with Crippen molar-refractivity contribution in [2.45, 2.75) is 51.3 Å². The highest BCUT2D eigenvalue weighted by Crippen LogP contribution is 2.37. The van der Waals surface area contributed by atoms with Gasteiger partial charge in [0.1, 0.15) is 17.7 Å². The minimum atomic E-state index is -1.03. The molecule has 1 aromatic rings. The summed E-state index contributed by atoms with van der Waals surface area (Å²) in [5, 5.41) is 9.71. The van der Waals surface area contributed by atoms with Crippen LogP contribution >= 0.6 is 0 Å². The number of rotatable bonds is 5. The average molecular weight is 427 g/mol. The number of aliphatic hydroxyl groups is 1. The number of nitrogens with two attached hydrogens (primary N) is 1. The van der Waals surface area contributed by atoms with E-state index in [9.17, 15) is 19.5 Å². The molecule has 166 valence electrons. The minimum Gasteiger partial charge on any atom is -0.378 e. The second-order valence-electron chi connectivity index (χ2n) is 8.70. The summed E-state index contributed by atoms with van der Waals surface area (Å²) in [5.74, 6) is 4.75. The molecule has 0 bridgehead atoms. The summed E-state index contributed by atoms with van der Waals surface area (Å²) in [6.07, 6.45) is 1.05. The monoisotopic (exact) mass is 426 g/mol. The van der Waals surface area contributed by atoms with E-state index in [1.165, 1.54) is 0 Å². The van der Waals surface area contributed by atoms with Crippen LogP contribution in [0.4, 0.5) is 4.79 Å². The van der Waals surface area contributed by atoms with Gasteiger partial charge < -0.3 is 15.7 Å². The van der Waals surface area contributed by atoms with E-state index in [1.807, 2.05) is 31.2 Å². The zero-order chi connectivity index (χ0) is 22.8. The second-order valence-corrected chi connectivity index (χ2v) is 8.70. The predicted molar refractivity (Wildman–Crippen MR) is 116 cm³/mol. The standard InChI is InChI=1S/C23H30N4O4/c1-4-27-21(30)26(16-19(24)28)20(29)23(27)11-13-25(14-12-23)15-18-7-5-17(6-8-18)9-10-22(2,3)31/h5-8,31H,4,11-16H2,1-3H3,(H2,24,28). The van der Waals surface area contributed by atoms with E-state index in [2.05, 4.69) is 16.7 Å². The Balaban J connectivity index is 1.65. The fourth-order valence-corrected chi connectivity index (χ4v) is 4.26. The number of nitrogens with zero attached hydrogens (tertiary/aromatic N) is 3. The van der Waals surface area contributed by atoms with E-state index in [0.717, 1.165) is 22.6 Å². The van der Waals surface area contributed by atoms with Gasteiger partial charge in [-0.2, -0.15) is 0 Å². The minimum absolute atomic E-state index is 0.312. The van der Waals surface area contributed by atoms with E-state index >= 15 is 0 Å². The van der Waals surface area contributed by atoms with Crippen molar-refractivity contribution in [3.8, 4) is 11.8 Å². The summed E-state index contributed by atoms with van der Waals surface area (Å²) >= 11 is 0. The normalized spacial score (nSPS) is 19.0. The van der Waals surface area contributed by atoms with Gasteiger partial charge in [0.05, 0.1) is 0 Å². The first-order valence-electron chi connectivity index (χ1n) is 10.5. The highest BCUT2D eigenvalue weighted by molar-refractivity contribution is 6.09. The van der Waals surface area contributed by atoms with Gasteiger partial charge in [-0.15, -0.1) is 0 Å². The number of primary amides is 1. The van der Waals surface area contributed by atoms with E-state index in [-0.39, 0.29) is 12.5 Å². The van der Waals surface area contributed by atoms with Crippen LogP contribution in [-0.4, -0.2) is 75.0 Å². The van der Waals surface area contributed by atoms with Crippen LogP contribution in [-0.2, 0) is 16.1 Å². The number of carbonyl (C=O) groups is 3. The average Bonchev–Trinajstić information content (AvgIpc) is 2.89. The van der Waals surface area contributed by atoms with Gasteiger partial charge in [-0.3, -0.25) is 19.4 Å². The van der Waals surface area contributed by atoms with Crippen molar-refractivity contribution in [1.29, 1.82) is 0 Å². The maximum absolute atomic E-state index is 13.0. The number of imide groups is 1. The third-order valence-electron chi connectivity index (χ3n) is 5.81. The lowest BCUT2D eigenvalue weighted by Gasteiger charge is -2.42. The van der Waals surface area contributed by atoms with Gasteiger partial charge in [-0.05, 0) is 51.3 Å². The summed E-state index contributed by atoms with van der Waals surface area (Å²) in [6, 6.07) is 7.45. The largest absolute Gasteiger partial charge is 0.378 e. The van der Waals surface area contributed by atoms with Crippen LogP contribution in [0.5, 0.6) is 0 Å². The first-order valence-corrected chi connectivity index (χ1v) is 10.5. The topological polar surface area (TPSA) is 107 Å². The van der Waals surface area contributed by atoms with E-state index in [1.54, 1.807) is 18.7 Å². The molecule has 0 aromatic heterocycles. The molecule has 2 heterocycles. The summed E-state index contributed by atoms with van der Waals surface area (Å²) in [7, 11) is 0. The number of likely N-dealkylation sites (tertiary alicyclic amines) is 1. The fraction of sp³-hybridized carbons (Fsp3) is 0.522. The van der Waals surface area contributed by atoms with Gasteiger partial charge in [0.15, 0.2) is 0 Å². The van der Waals surface area contributed by atoms with Crippen LogP contribution in [0, 0.1) is 11.8 Å². The molecule has 31 heavy (non-hydrogen) atoms. The summed E-state index contributed by atoms with van der Waals surface area (Å²) in [4.78, 5) is 41.8. The molecule has 8 heteroatoms. The molecule has 2 saturated heterocycles.